The molecule has 4 nitrogen and oxygen atoms in total. The van der Waals surface area contributed by atoms with Gasteiger partial charge in [-0.05, 0) is 61.1 Å². The number of rotatable bonds is 5. The molecule has 0 N–H and O–H groups in total. The summed E-state index contributed by atoms with van der Waals surface area (Å²) in [6.07, 6.45) is 6.63. The summed E-state index contributed by atoms with van der Waals surface area (Å²) in [7, 11) is 0. The van der Waals surface area contributed by atoms with Gasteiger partial charge in [0.15, 0.2) is 0 Å². The second-order valence-electron chi connectivity index (χ2n) is 6.15. The van der Waals surface area contributed by atoms with Gasteiger partial charge in [0.05, 0.1) is 24.7 Å². The molecule has 1 aliphatic rings. The zero-order valence-electron chi connectivity index (χ0n) is 13.7. The standard InChI is InChI=1S/C20H21N3O/c21-11-5-13-23(15-19-8-3-4-12-22-19)20(24)18-10-9-16-6-1-2-7-17(16)14-18/h3-4,8-10,12,14H,1-2,5-7,13,15H2. The van der Waals surface area contributed by atoms with Crippen LogP contribution in [0.2, 0.25) is 0 Å². The highest BCUT2D eigenvalue weighted by Crippen LogP contribution is 2.23. The number of hydrogen-bond donors (Lipinski definition) is 0. The number of carbonyl (C=O) groups excluding carboxylic acids is 1. The minimum Gasteiger partial charge on any atom is -0.332 e. The smallest absolute Gasteiger partial charge is 0.254 e. The second kappa shape index (κ2) is 7.74. The van der Waals surface area contributed by atoms with Crippen molar-refractivity contribution < 1.29 is 4.79 Å². The molecule has 0 bridgehead atoms. The predicted molar refractivity (Wildman–Crippen MR) is 92.3 cm³/mol. The van der Waals surface area contributed by atoms with Crippen LogP contribution in [0.1, 0.15) is 46.4 Å². The molecule has 2 aromatic rings. The largest absolute Gasteiger partial charge is 0.332 e. The first-order valence-corrected chi connectivity index (χ1v) is 8.46. The quantitative estimate of drug-likeness (QED) is 0.847. The number of fused-ring (bicyclic) bond motifs is 1. The van der Waals surface area contributed by atoms with Crippen molar-refractivity contribution in [2.75, 3.05) is 6.54 Å². The Morgan fingerprint density at radius 2 is 2.00 bits per heavy atom. The lowest BCUT2D eigenvalue weighted by Gasteiger charge is -2.23. The minimum absolute atomic E-state index is 0.0238. The number of hydrogen-bond acceptors (Lipinski definition) is 3. The van der Waals surface area contributed by atoms with E-state index in [9.17, 15) is 4.79 Å². The molecule has 0 spiro atoms. The third kappa shape index (κ3) is 3.80. The number of aryl methyl sites for hydroxylation is 2. The normalized spacial score (nSPS) is 13.0. The number of nitriles is 1. The van der Waals surface area contributed by atoms with Gasteiger partial charge in [-0.15, -0.1) is 0 Å². The van der Waals surface area contributed by atoms with Gasteiger partial charge in [0.25, 0.3) is 5.91 Å². The predicted octanol–water partition coefficient (Wildman–Crippen LogP) is 3.52. The highest BCUT2D eigenvalue weighted by Gasteiger charge is 2.18. The summed E-state index contributed by atoms with van der Waals surface area (Å²) in [6.45, 7) is 0.849. The number of benzene rings is 1. The van der Waals surface area contributed by atoms with Gasteiger partial charge in [-0.3, -0.25) is 9.78 Å². The fourth-order valence-corrected chi connectivity index (χ4v) is 3.17. The third-order valence-corrected chi connectivity index (χ3v) is 4.46. The van der Waals surface area contributed by atoms with E-state index in [2.05, 4.69) is 17.1 Å². The molecule has 122 valence electrons. The van der Waals surface area contributed by atoms with E-state index >= 15 is 0 Å². The van der Waals surface area contributed by atoms with E-state index in [0.717, 1.165) is 18.5 Å². The van der Waals surface area contributed by atoms with Crippen LogP contribution in [0.3, 0.4) is 0 Å². The number of aromatic nitrogens is 1. The lowest BCUT2D eigenvalue weighted by molar-refractivity contribution is 0.0744. The molecule has 0 radical (unpaired) electrons. The molecule has 1 aromatic heterocycles. The fraction of sp³-hybridized carbons (Fsp3) is 0.350. The third-order valence-electron chi connectivity index (χ3n) is 4.46. The maximum Gasteiger partial charge on any atom is 0.254 e. The fourth-order valence-electron chi connectivity index (χ4n) is 3.17. The highest BCUT2D eigenvalue weighted by atomic mass is 16.2. The molecular weight excluding hydrogens is 298 g/mol. The molecule has 0 saturated heterocycles. The van der Waals surface area contributed by atoms with Gasteiger partial charge in [0, 0.05) is 18.3 Å². The van der Waals surface area contributed by atoms with E-state index in [1.807, 2.05) is 30.3 Å². The van der Waals surface area contributed by atoms with Crippen LogP contribution in [0.25, 0.3) is 0 Å². The minimum atomic E-state index is -0.0238. The summed E-state index contributed by atoms with van der Waals surface area (Å²) in [5.74, 6) is -0.0238. The Hall–Kier alpha value is -2.67. The number of carbonyl (C=O) groups is 1. The van der Waals surface area contributed by atoms with E-state index in [1.165, 1.54) is 24.0 Å². The van der Waals surface area contributed by atoms with Gasteiger partial charge in [0.2, 0.25) is 0 Å². The maximum absolute atomic E-state index is 12.9. The van der Waals surface area contributed by atoms with Gasteiger partial charge in [0.1, 0.15) is 0 Å². The Morgan fingerprint density at radius 1 is 1.17 bits per heavy atom. The number of amides is 1. The maximum atomic E-state index is 12.9. The molecule has 4 heteroatoms. The Labute approximate surface area is 142 Å². The van der Waals surface area contributed by atoms with Crippen molar-refractivity contribution in [3.8, 4) is 6.07 Å². The van der Waals surface area contributed by atoms with Crippen molar-refractivity contribution in [3.05, 3.63) is 65.0 Å². The van der Waals surface area contributed by atoms with E-state index in [4.69, 9.17) is 5.26 Å². The number of nitrogens with zero attached hydrogens (tertiary/aromatic N) is 3. The van der Waals surface area contributed by atoms with Crippen molar-refractivity contribution >= 4 is 5.91 Å². The van der Waals surface area contributed by atoms with Crippen LogP contribution < -0.4 is 0 Å². The van der Waals surface area contributed by atoms with Gasteiger partial charge in [-0.25, -0.2) is 0 Å². The SMILES string of the molecule is N#CCCN(Cc1ccccn1)C(=O)c1ccc2c(c1)CCCC2. The van der Waals surface area contributed by atoms with Crippen LogP contribution in [-0.2, 0) is 19.4 Å². The van der Waals surface area contributed by atoms with Crippen molar-refractivity contribution in [2.24, 2.45) is 0 Å². The molecular formula is C20H21N3O. The van der Waals surface area contributed by atoms with Gasteiger partial charge < -0.3 is 4.90 Å². The van der Waals surface area contributed by atoms with Crippen LogP contribution in [0, 0.1) is 11.3 Å². The summed E-state index contributed by atoms with van der Waals surface area (Å²) in [4.78, 5) is 18.9. The van der Waals surface area contributed by atoms with E-state index in [-0.39, 0.29) is 5.91 Å². The van der Waals surface area contributed by atoms with Gasteiger partial charge in [-0.2, -0.15) is 5.26 Å². The molecule has 1 amide bonds. The Balaban J connectivity index is 1.81. The van der Waals surface area contributed by atoms with Crippen molar-refractivity contribution in [3.63, 3.8) is 0 Å². The molecule has 1 aromatic carbocycles. The molecule has 0 aliphatic heterocycles. The van der Waals surface area contributed by atoms with E-state index in [1.54, 1.807) is 11.1 Å². The summed E-state index contributed by atoms with van der Waals surface area (Å²) >= 11 is 0. The molecule has 1 aliphatic carbocycles. The average Bonchev–Trinajstić information content (AvgIpc) is 2.65. The van der Waals surface area contributed by atoms with Crippen LogP contribution >= 0.6 is 0 Å². The van der Waals surface area contributed by atoms with Crippen LogP contribution in [0.5, 0.6) is 0 Å². The summed E-state index contributed by atoms with van der Waals surface area (Å²) in [5.41, 5.74) is 4.21. The lowest BCUT2D eigenvalue weighted by Crippen LogP contribution is -2.32. The molecule has 0 fully saturated rings. The zero-order chi connectivity index (χ0) is 16.8. The lowest BCUT2D eigenvalue weighted by atomic mass is 9.90. The Bertz CT molecular complexity index is 749. The van der Waals surface area contributed by atoms with Crippen molar-refractivity contribution in [1.29, 1.82) is 5.26 Å². The van der Waals surface area contributed by atoms with Crippen LogP contribution in [0.4, 0.5) is 0 Å². The molecule has 0 unspecified atom stereocenters. The molecule has 0 atom stereocenters. The van der Waals surface area contributed by atoms with E-state index < -0.39 is 0 Å². The van der Waals surface area contributed by atoms with Crippen LogP contribution in [-0.4, -0.2) is 22.3 Å². The van der Waals surface area contributed by atoms with Crippen LogP contribution in [0.15, 0.2) is 42.6 Å². The molecule has 3 rings (SSSR count). The topological polar surface area (TPSA) is 57.0 Å². The summed E-state index contributed by atoms with van der Waals surface area (Å²) in [5, 5.41) is 8.89. The zero-order valence-corrected chi connectivity index (χ0v) is 13.7. The van der Waals surface area contributed by atoms with Gasteiger partial charge in [-0.1, -0.05) is 12.1 Å². The van der Waals surface area contributed by atoms with Gasteiger partial charge >= 0.3 is 0 Å². The van der Waals surface area contributed by atoms with E-state index in [0.29, 0.717) is 25.1 Å². The first kappa shape index (κ1) is 16.2. The first-order chi connectivity index (χ1) is 11.8. The first-order valence-electron chi connectivity index (χ1n) is 8.46. The number of pyridine rings is 1. The second-order valence-corrected chi connectivity index (χ2v) is 6.15. The highest BCUT2D eigenvalue weighted by molar-refractivity contribution is 5.94. The monoisotopic (exact) mass is 319 g/mol. The molecule has 0 saturated carbocycles. The Morgan fingerprint density at radius 3 is 2.75 bits per heavy atom. The summed E-state index contributed by atoms with van der Waals surface area (Å²) in [6, 6.07) is 13.8. The van der Waals surface area contributed by atoms with Crippen molar-refractivity contribution in [1.82, 2.24) is 9.88 Å². The average molecular weight is 319 g/mol. The van der Waals surface area contributed by atoms with Crippen molar-refractivity contribution in [2.45, 2.75) is 38.6 Å². The molecule has 1 heterocycles. The summed E-state index contributed by atoms with van der Waals surface area (Å²) < 4.78 is 0. The Kier molecular flexibility index (Phi) is 5.22. The molecule has 24 heavy (non-hydrogen) atoms.